The van der Waals surface area contributed by atoms with Gasteiger partial charge in [0.2, 0.25) is 0 Å². The first-order valence-electron chi connectivity index (χ1n) is 6.11. The van der Waals surface area contributed by atoms with Gasteiger partial charge in [-0.05, 0) is 17.7 Å². The number of ether oxygens (including phenoxy) is 2. The van der Waals surface area contributed by atoms with Crippen LogP contribution in [-0.2, 0) is 11.3 Å². The van der Waals surface area contributed by atoms with Gasteiger partial charge in [-0.1, -0.05) is 36.4 Å². The van der Waals surface area contributed by atoms with Crippen LogP contribution in [0.25, 0.3) is 0 Å². The molecule has 0 atom stereocenters. The number of hydrogen-bond donors (Lipinski definition) is 2. The van der Waals surface area contributed by atoms with Gasteiger partial charge in [0.05, 0.1) is 12.8 Å². The van der Waals surface area contributed by atoms with Crippen molar-refractivity contribution in [2.24, 2.45) is 0 Å². The van der Waals surface area contributed by atoms with Crippen LogP contribution in [0.2, 0.25) is 0 Å². The van der Waals surface area contributed by atoms with Crippen molar-refractivity contribution in [2.75, 3.05) is 18.2 Å². The maximum Gasteiger partial charge on any atom is 0.412 e. The van der Waals surface area contributed by atoms with Gasteiger partial charge in [0.15, 0.2) is 0 Å². The van der Waals surface area contributed by atoms with Crippen LogP contribution in [-0.4, -0.2) is 13.2 Å². The molecule has 0 bridgehead atoms. The fourth-order valence-corrected chi connectivity index (χ4v) is 1.71. The summed E-state index contributed by atoms with van der Waals surface area (Å²) in [5.74, 6) is 0.488. The van der Waals surface area contributed by atoms with Crippen LogP contribution in [0.15, 0.2) is 48.5 Å². The van der Waals surface area contributed by atoms with Crippen LogP contribution in [0.4, 0.5) is 16.2 Å². The molecule has 0 aliphatic carbocycles. The number of nitrogens with two attached hydrogens (primary N) is 1. The second-order valence-corrected chi connectivity index (χ2v) is 4.11. The summed E-state index contributed by atoms with van der Waals surface area (Å²) in [7, 11) is 1.51. The van der Waals surface area contributed by atoms with Gasteiger partial charge in [-0.2, -0.15) is 0 Å². The Balaban J connectivity index is 1.98. The van der Waals surface area contributed by atoms with Gasteiger partial charge >= 0.3 is 6.09 Å². The summed E-state index contributed by atoms with van der Waals surface area (Å²) in [6.45, 7) is 0.196. The summed E-state index contributed by atoms with van der Waals surface area (Å²) in [4.78, 5) is 11.8. The SMILES string of the molecule is COc1cccc(N)c1NC(=O)OCc1ccccc1. The second-order valence-electron chi connectivity index (χ2n) is 4.11. The van der Waals surface area contributed by atoms with Crippen molar-refractivity contribution in [3.63, 3.8) is 0 Å². The molecule has 20 heavy (non-hydrogen) atoms. The maximum absolute atomic E-state index is 11.8. The van der Waals surface area contributed by atoms with Crippen LogP contribution in [0.5, 0.6) is 5.75 Å². The van der Waals surface area contributed by atoms with E-state index >= 15 is 0 Å². The predicted molar refractivity (Wildman–Crippen MR) is 77.7 cm³/mol. The minimum atomic E-state index is -0.579. The molecule has 0 aromatic heterocycles. The van der Waals surface area contributed by atoms with E-state index in [0.29, 0.717) is 17.1 Å². The molecule has 0 radical (unpaired) electrons. The molecule has 0 fully saturated rings. The molecular weight excluding hydrogens is 256 g/mol. The second kappa shape index (κ2) is 6.47. The van der Waals surface area contributed by atoms with Gasteiger partial charge < -0.3 is 15.2 Å². The van der Waals surface area contributed by atoms with Crippen molar-refractivity contribution < 1.29 is 14.3 Å². The third-order valence-corrected chi connectivity index (χ3v) is 2.72. The molecule has 0 saturated carbocycles. The predicted octanol–water partition coefficient (Wildman–Crippen LogP) is 3.03. The zero-order valence-electron chi connectivity index (χ0n) is 11.1. The number of carbonyl (C=O) groups excluding carboxylic acids is 1. The Bertz CT molecular complexity index is 585. The lowest BCUT2D eigenvalue weighted by Crippen LogP contribution is -2.15. The molecular formula is C15H16N2O3. The zero-order valence-corrected chi connectivity index (χ0v) is 11.1. The molecule has 1 amide bonds. The van der Waals surface area contributed by atoms with Gasteiger partial charge in [0.1, 0.15) is 18.0 Å². The van der Waals surface area contributed by atoms with E-state index < -0.39 is 6.09 Å². The van der Waals surface area contributed by atoms with Crippen molar-refractivity contribution in [1.82, 2.24) is 0 Å². The highest BCUT2D eigenvalue weighted by molar-refractivity contribution is 5.91. The van der Waals surface area contributed by atoms with E-state index in [2.05, 4.69) is 5.32 Å². The molecule has 0 heterocycles. The molecule has 0 aliphatic rings. The van der Waals surface area contributed by atoms with Crippen LogP contribution in [0.3, 0.4) is 0 Å². The summed E-state index contributed by atoms with van der Waals surface area (Å²) in [5.41, 5.74) is 7.54. The highest BCUT2D eigenvalue weighted by atomic mass is 16.5. The van der Waals surface area contributed by atoms with Crippen molar-refractivity contribution in [3.8, 4) is 5.75 Å². The number of methoxy groups -OCH3 is 1. The smallest absolute Gasteiger partial charge is 0.412 e. The fraction of sp³-hybridized carbons (Fsp3) is 0.133. The number of benzene rings is 2. The minimum absolute atomic E-state index is 0.196. The summed E-state index contributed by atoms with van der Waals surface area (Å²) < 4.78 is 10.3. The quantitative estimate of drug-likeness (QED) is 0.839. The number of carbonyl (C=O) groups is 1. The number of nitrogen functional groups attached to an aromatic ring is 1. The van der Waals surface area contributed by atoms with Gasteiger partial charge in [0, 0.05) is 0 Å². The number of amides is 1. The Morgan fingerprint density at radius 3 is 2.60 bits per heavy atom. The molecule has 2 aromatic carbocycles. The molecule has 0 spiro atoms. The number of para-hydroxylation sites is 1. The first kappa shape index (κ1) is 13.7. The van der Waals surface area contributed by atoms with E-state index in [0.717, 1.165) is 5.56 Å². The van der Waals surface area contributed by atoms with E-state index in [1.807, 2.05) is 30.3 Å². The van der Waals surface area contributed by atoms with E-state index in [9.17, 15) is 4.79 Å². The molecule has 2 aromatic rings. The van der Waals surface area contributed by atoms with Gasteiger partial charge in [-0.15, -0.1) is 0 Å². The molecule has 5 nitrogen and oxygen atoms in total. The van der Waals surface area contributed by atoms with Crippen LogP contribution in [0, 0.1) is 0 Å². The fourth-order valence-electron chi connectivity index (χ4n) is 1.71. The summed E-state index contributed by atoms with van der Waals surface area (Å²) in [6, 6.07) is 14.6. The first-order valence-corrected chi connectivity index (χ1v) is 6.11. The average Bonchev–Trinajstić information content (AvgIpc) is 2.48. The van der Waals surface area contributed by atoms with Crippen molar-refractivity contribution >= 4 is 17.5 Å². The topological polar surface area (TPSA) is 73.6 Å². The lowest BCUT2D eigenvalue weighted by atomic mass is 10.2. The molecule has 3 N–H and O–H groups in total. The van der Waals surface area contributed by atoms with Crippen molar-refractivity contribution in [2.45, 2.75) is 6.61 Å². The Labute approximate surface area is 117 Å². The van der Waals surface area contributed by atoms with E-state index in [-0.39, 0.29) is 6.61 Å². The van der Waals surface area contributed by atoms with Crippen LogP contribution < -0.4 is 15.8 Å². The molecule has 0 aliphatic heterocycles. The normalized spacial score (nSPS) is 9.85. The highest BCUT2D eigenvalue weighted by Gasteiger charge is 2.11. The number of rotatable bonds is 4. The molecule has 5 heteroatoms. The summed E-state index contributed by atoms with van der Waals surface area (Å²) >= 11 is 0. The third-order valence-electron chi connectivity index (χ3n) is 2.72. The minimum Gasteiger partial charge on any atom is -0.494 e. The Kier molecular flexibility index (Phi) is 4.44. The maximum atomic E-state index is 11.8. The third kappa shape index (κ3) is 3.41. The number of anilines is 2. The van der Waals surface area contributed by atoms with E-state index in [4.69, 9.17) is 15.2 Å². The Morgan fingerprint density at radius 1 is 1.15 bits per heavy atom. The van der Waals surface area contributed by atoms with Crippen LogP contribution in [0.1, 0.15) is 5.56 Å². The molecule has 0 saturated heterocycles. The Hall–Kier alpha value is -2.69. The average molecular weight is 272 g/mol. The van der Waals surface area contributed by atoms with E-state index in [1.165, 1.54) is 7.11 Å². The number of hydrogen-bond acceptors (Lipinski definition) is 4. The monoisotopic (exact) mass is 272 g/mol. The molecule has 0 unspecified atom stereocenters. The van der Waals surface area contributed by atoms with Crippen molar-refractivity contribution in [3.05, 3.63) is 54.1 Å². The molecule has 2 rings (SSSR count). The summed E-state index contributed by atoms with van der Waals surface area (Å²) in [5, 5.41) is 2.59. The Morgan fingerprint density at radius 2 is 1.90 bits per heavy atom. The van der Waals surface area contributed by atoms with E-state index in [1.54, 1.807) is 18.2 Å². The standard InChI is InChI=1S/C15H16N2O3/c1-19-13-9-5-8-12(16)14(13)17-15(18)20-10-11-6-3-2-4-7-11/h2-9H,10,16H2,1H3,(H,17,18). The summed E-state index contributed by atoms with van der Waals surface area (Å²) in [6.07, 6.45) is -0.579. The zero-order chi connectivity index (χ0) is 14.4. The first-order chi connectivity index (χ1) is 9.70. The largest absolute Gasteiger partial charge is 0.494 e. The van der Waals surface area contributed by atoms with Gasteiger partial charge in [-0.3, -0.25) is 5.32 Å². The van der Waals surface area contributed by atoms with Crippen LogP contribution >= 0.6 is 0 Å². The van der Waals surface area contributed by atoms with Gasteiger partial charge in [0.25, 0.3) is 0 Å². The lowest BCUT2D eigenvalue weighted by Gasteiger charge is -2.12. The highest BCUT2D eigenvalue weighted by Crippen LogP contribution is 2.30. The lowest BCUT2D eigenvalue weighted by molar-refractivity contribution is 0.155. The number of nitrogens with one attached hydrogen (secondary N) is 1. The van der Waals surface area contributed by atoms with Crippen molar-refractivity contribution in [1.29, 1.82) is 0 Å². The molecule has 104 valence electrons. The van der Waals surface area contributed by atoms with Gasteiger partial charge in [-0.25, -0.2) is 4.79 Å².